The molecule has 0 aromatic heterocycles. The molecule has 0 aromatic rings. The van der Waals surface area contributed by atoms with Gasteiger partial charge in [-0.05, 0) is 117 Å². The Morgan fingerprint density at radius 2 is 1.62 bits per heavy atom. The van der Waals surface area contributed by atoms with Crippen molar-refractivity contribution in [3.63, 3.8) is 0 Å². The molecule has 4 aliphatic rings. The van der Waals surface area contributed by atoms with Crippen molar-refractivity contribution < 1.29 is 43.2 Å². The fourth-order valence-corrected chi connectivity index (χ4v) is 9.22. The normalized spacial score (nSPS) is 41.6. The Morgan fingerprint density at radius 1 is 0.971 bits per heavy atom. The second kappa shape index (κ2) is 12.9. The van der Waals surface area contributed by atoms with E-state index in [0.29, 0.717) is 16.7 Å². The van der Waals surface area contributed by atoms with Gasteiger partial charge in [-0.1, -0.05) is 47.1 Å². The zero-order valence-electron chi connectivity index (χ0n) is 23.9. The van der Waals surface area contributed by atoms with Crippen molar-refractivity contribution in [1.82, 2.24) is 0 Å². The van der Waals surface area contributed by atoms with Gasteiger partial charge in [0.1, 0.15) is 0 Å². The maximum atomic E-state index is 4.80. The first-order valence-electron chi connectivity index (χ1n) is 13.5. The molecular formula is C32H56CeN. The van der Waals surface area contributed by atoms with Gasteiger partial charge in [0.15, 0.2) is 0 Å². The van der Waals surface area contributed by atoms with E-state index in [1.54, 1.807) is 0 Å². The minimum absolute atomic E-state index is 0. The Balaban J connectivity index is 0.00000289. The van der Waals surface area contributed by atoms with Crippen molar-refractivity contribution in [1.29, 1.82) is 0 Å². The summed E-state index contributed by atoms with van der Waals surface area (Å²) in [5.74, 6) is 5.49. The second-order valence-electron chi connectivity index (χ2n) is 12.3. The van der Waals surface area contributed by atoms with Crippen molar-refractivity contribution in [3.8, 4) is 0 Å². The molecule has 0 aromatic carbocycles. The molecule has 1 nitrogen and oxygen atoms in total. The van der Waals surface area contributed by atoms with Crippen LogP contribution in [0.15, 0.2) is 22.8 Å². The van der Waals surface area contributed by atoms with Crippen LogP contribution in [0.3, 0.4) is 0 Å². The molecule has 0 spiro atoms. The summed E-state index contributed by atoms with van der Waals surface area (Å²) in [4.78, 5) is 4.80. The third-order valence-corrected chi connectivity index (χ3v) is 11.1. The molecule has 193 valence electrons. The fourth-order valence-electron chi connectivity index (χ4n) is 9.22. The molecule has 0 bridgehead atoms. The van der Waals surface area contributed by atoms with E-state index in [1.165, 1.54) is 76.2 Å². The summed E-state index contributed by atoms with van der Waals surface area (Å²) >= 11 is 0. The van der Waals surface area contributed by atoms with Crippen LogP contribution >= 0.6 is 0 Å². The Kier molecular flexibility index (Phi) is 12.3. The first kappa shape index (κ1) is 32.6. The minimum Gasteiger partial charge on any atom is -0.477 e. The van der Waals surface area contributed by atoms with E-state index >= 15 is 0 Å². The van der Waals surface area contributed by atoms with Gasteiger partial charge in [-0.15, -0.1) is 5.70 Å². The van der Waals surface area contributed by atoms with Crippen molar-refractivity contribution in [2.24, 2.45) is 51.3 Å². The van der Waals surface area contributed by atoms with Gasteiger partial charge in [0.2, 0.25) is 0 Å². The quantitative estimate of drug-likeness (QED) is 0.222. The van der Waals surface area contributed by atoms with E-state index in [2.05, 4.69) is 47.3 Å². The number of fused-ring (bicyclic) bond motifs is 5. The first-order chi connectivity index (χ1) is 14.7. The topological polar surface area (TPSA) is 12.4 Å². The molecule has 0 saturated heterocycles. The molecule has 2 heteroatoms. The Morgan fingerprint density at radius 3 is 2.26 bits per heavy atom. The standard InChI is InChI=1S/C30H48N.2CH3.Ce.H2/c1-8-10-23-15-17-29(6)24(19-23)11-12-25-27-14-13-26(30(27,7)18-16-28(25)29)21(4)22(5)31-20(3)9-2;;;;/h23-28H,4,8,10-19H2,1-3,5-7H3;2*1H3;;1H/q3*-1;+3;. The van der Waals surface area contributed by atoms with Crippen LogP contribution in [0, 0.1) is 109 Å². The largest absolute Gasteiger partial charge is 3.00 e. The monoisotopic (exact) mass is 594 g/mol. The molecule has 8 atom stereocenters. The first-order valence-corrected chi connectivity index (χ1v) is 13.5. The van der Waals surface area contributed by atoms with Gasteiger partial charge < -0.3 is 20.9 Å². The average Bonchev–Trinajstić information content (AvgIpc) is 3.10. The summed E-state index contributed by atoms with van der Waals surface area (Å²) in [6.07, 6.45) is 19.2. The minimum atomic E-state index is 0. The molecule has 0 heterocycles. The number of rotatable bonds is 5. The SMILES string of the molecule is C=C(C(C)=NC(C)=[C-]C)C1CCC2C3CCC4CC(CCC)CCC4(C)C3CCC12C.[CH3-].[CH3-].[Ce+3].[HH]. The van der Waals surface area contributed by atoms with Gasteiger partial charge >= 0.3 is 41.7 Å². The van der Waals surface area contributed by atoms with Crippen molar-refractivity contribution in [2.45, 2.75) is 112 Å². The van der Waals surface area contributed by atoms with Crippen LogP contribution < -0.4 is 0 Å². The van der Waals surface area contributed by atoms with Gasteiger partial charge in [0.05, 0.1) is 0 Å². The Bertz CT molecular complexity index is 757. The zero-order valence-corrected chi connectivity index (χ0v) is 27.0. The molecule has 0 amide bonds. The van der Waals surface area contributed by atoms with Gasteiger partial charge in [0.25, 0.3) is 0 Å². The number of aliphatic imine (C=N–C) groups is 1. The number of hydrogen-bond acceptors (Lipinski definition) is 1. The summed E-state index contributed by atoms with van der Waals surface area (Å²) in [7, 11) is 0. The number of hydrogen-bond donors (Lipinski definition) is 0. The zero-order chi connectivity index (χ0) is 22.4. The van der Waals surface area contributed by atoms with Crippen molar-refractivity contribution in [3.05, 3.63) is 38.8 Å². The predicted molar refractivity (Wildman–Crippen MR) is 149 cm³/mol. The predicted octanol–water partition coefficient (Wildman–Crippen LogP) is 9.95. The van der Waals surface area contributed by atoms with Crippen LogP contribution in [0.4, 0.5) is 0 Å². The summed E-state index contributed by atoms with van der Waals surface area (Å²) in [5.41, 5.74) is 4.51. The van der Waals surface area contributed by atoms with Gasteiger partial charge in [-0.2, -0.15) is 6.92 Å². The average molecular weight is 595 g/mol. The maximum absolute atomic E-state index is 4.80. The Hall–Kier alpha value is 0.527. The third-order valence-electron chi connectivity index (χ3n) is 11.1. The van der Waals surface area contributed by atoms with Gasteiger partial charge in [0, 0.05) is 7.14 Å². The molecule has 0 N–H and O–H groups in total. The van der Waals surface area contributed by atoms with Crippen LogP contribution in [0.25, 0.3) is 0 Å². The summed E-state index contributed by atoms with van der Waals surface area (Å²) in [5, 5.41) is 0. The summed E-state index contributed by atoms with van der Waals surface area (Å²) in [6, 6.07) is 0. The van der Waals surface area contributed by atoms with E-state index in [1.807, 2.05) is 6.92 Å². The smallest absolute Gasteiger partial charge is 0.477 e. The molecule has 34 heavy (non-hydrogen) atoms. The van der Waals surface area contributed by atoms with Crippen LogP contribution in [0.5, 0.6) is 0 Å². The van der Waals surface area contributed by atoms with Gasteiger partial charge in [-0.25, -0.2) is 0 Å². The maximum Gasteiger partial charge on any atom is 3.00 e. The molecule has 4 fully saturated rings. The van der Waals surface area contributed by atoms with Crippen LogP contribution in [-0.2, 0) is 0 Å². The molecule has 0 aliphatic heterocycles. The van der Waals surface area contributed by atoms with E-state index in [4.69, 9.17) is 4.99 Å². The molecule has 8 unspecified atom stereocenters. The van der Waals surface area contributed by atoms with Crippen molar-refractivity contribution >= 4 is 5.71 Å². The molecule has 4 aliphatic carbocycles. The fraction of sp³-hybridized carbons (Fsp3) is 0.781. The number of allylic oxidation sites excluding steroid dienone is 3. The molecule has 1 radical (unpaired) electrons. The van der Waals surface area contributed by atoms with Crippen molar-refractivity contribution in [2.75, 3.05) is 0 Å². The molecular weight excluding hydrogens is 538 g/mol. The Labute approximate surface area is 249 Å². The van der Waals surface area contributed by atoms with Crippen LogP contribution in [0.1, 0.15) is 114 Å². The summed E-state index contributed by atoms with van der Waals surface area (Å²) in [6.45, 7) is 18.5. The van der Waals surface area contributed by atoms with E-state index < -0.39 is 0 Å². The summed E-state index contributed by atoms with van der Waals surface area (Å²) < 4.78 is 0. The van der Waals surface area contributed by atoms with Crippen LogP contribution in [0.2, 0.25) is 0 Å². The van der Waals surface area contributed by atoms with Gasteiger partial charge in [-0.3, -0.25) is 4.99 Å². The molecule has 4 saturated carbocycles. The third kappa shape index (κ3) is 5.67. The van der Waals surface area contributed by atoms with Crippen LogP contribution in [-0.4, -0.2) is 5.71 Å². The second-order valence-corrected chi connectivity index (χ2v) is 12.3. The van der Waals surface area contributed by atoms with E-state index in [0.717, 1.165) is 41.0 Å². The molecule has 4 rings (SSSR count). The van der Waals surface area contributed by atoms with E-state index in [-0.39, 0.29) is 58.0 Å². The van der Waals surface area contributed by atoms with E-state index in [9.17, 15) is 0 Å². The number of nitrogens with zero attached hydrogens (tertiary/aromatic N) is 1.